The predicted molar refractivity (Wildman–Crippen MR) is 74.0 cm³/mol. The molecule has 20 heavy (non-hydrogen) atoms. The number of aliphatic hydroxyl groups excluding tert-OH is 1. The Balaban J connectivity index is 2.16. The molecule has 0 heterocycles. The van der Waals surface area contributed by atoms with Crippen molar-refractivity contribution in [1.29, 1.82) is 0 Å². The summed E-state index contributed by atoms with van der Waals surface area (Å²) >= 11 is 0. The van der Waals surface area contributed by atoms with E-state index in [4.69, 9.17) is 19.3 Å². The number of rotatable bonds is 10. The number of nitrogens with one attached hydrogen (secondary N) is 1. The number of aliphatic hydroxyl groups is 1. The number of hydrogen-bond donors (Lipinski definition) is 2. The molecule has 2 N–H and O–H groups in total. The number of carbonyl (C=O) groups is 1. The van der Waals surface area contributed by atoms with Gasteiger partial charge in [0.2, 0.25) is 0 Å². The van der Waals surface area contributed by atoms with Crippen LogP contribution in [0.2, 0.25) is 0 Å². The van der Waals surface area contributed by atoms with E-state index >= 15 is 0 Å². The second-order valence-electron chi connectivity index (χ2n) is 3.98. The number of amides is 1. The van der Waals surface area contributed by atoms with Crippen molar-refractivity contribution in [2.45, 2.75) is 6.42 Å². The number of para-hydroxylation sites is 2. The minimum absolute atomic E-state index is 0.0130. The van der Waals surface area contributed by atoms with E-state index in [1.54, 1.807) is 19.2 Å². The molecular weight excluding hydrogens is 262 g/mol. The zero-order valence-corrected chi connectivity index (χ0v) is 11.6. The van der Waals surface area contributed by atoms with Crippen LogP contribution >= 0.6 is 0 Å². The lowest BCUT2D eigenvalue weighted by Gasteiger charge is -2.10. The van der Waals surface area contributed by atoms with Gasteiger partial charge in [0.1, 0.15) is 0 Å². The molecule has 0 fully saturated rings. The van der Waals surface area contributed by atoms with E-state index in [0.29, 0.717) is 37.7 Å². The van der Waals surface area contributed by atoms with Crippen LogP contribution < -0.4 is 14.8 Å². The highest BCUT2D eigenvalue weighted by Gasteiger charge is 2.06. The van der Waals surface area contributed by atoms with Crippen LogP contribution in [-0.2, 0) is 9.53 Å². The van der Waals surface area contributed by atoms with Gasteiger partial charge in [-0.05, 0) is 18.6 Å². The second-order valence-corrected chi connectivity index (χ2v) is 3.98. The van der Waals surface area contributed by atoms with E-state index < -0.39 is 0 Å². The average molecular weight is 283 g/mol. The van der Waals surface area contributed by atoms with Crippen molar-refractivity contribution in [3.05, 3.63) is 24.3 Å². The van der Waals surface area contributed by atoms with Gasteiger partial charge in [0.25, 0.3) is 5.91 Å². The van der Waals surface area contributed by atoms with E-state index in [0.717, 1.165) is 0 Å². The Morgan fingerprint density at radius 1 is 1.25 bits per heavy atom. The highest BCUT2D eigenvalue weighted by atomic mass is 16.5. The third-order valence-corrected chi connectivity index (χ3v) is 2.45. The van der Waals surface area contributed by atoms with Crippen LogP contribution in [-0.4, -0.2) is 51.1 Å². The molecule has 1 amide bonds. The second kappa shape index (κ2) is 10.1. The molecule has 1 rings (SSSR count). The molecule has 0 aliphatic rings. The molecule has 0 radical (unpaired) electrons. The topological polar surface area (TPSA) is 77.0 Å². The van der Waals surface area contributed by atoms with Crippen LogP contribution in [0.25, 0.3) is 0 Å². The van der Waals surface area contributed by atoms with E-state index in [1.165, 1.54) is 0 Å². The molecule has 1 aromatic carbocycles. The Morgan fingerprint density at radius 3 is 2.70 bits per heavy atom. The van der Waals surface area contributed by atoms with Crippen molar-refractivity contribution in [1.82, 2.24) is 5.32 Å². The van der Waals surface area contributed by atoms with Gasteiger partial charge in [0.15, 0.2) is 18.1 Å². The Labute approximate surface area is 118 Å². The summed E-state index contributed by atoms with van der Waals surface area (Å²) in [6.45, 7) is 1.30. The summed E-state index contributed by atoms with van der Waals surface area (Å²) in [5, 5.41) is 11.2. The molecule has 112 valence electrons. The summed E-state index contributed by atoms with van der Waals surface area (Å²) in [5.41, 5.74) is 0. The van der Waals surface area contributed by atoms with Crippen LogP contribution in [0.15, 0.2) is 24.3 Å². The van der Waals surface area contributed by atoms with E-state index in [-0.39, 0.29) is 19.1 Å². The molecule has 0 saturated heterocycles. The number of benzene rings is 1. The van der Waals surface area contributed by atoms with Crippen LogP contribution in [0.3, 0.4) is 0 Å². The minimum atomic E-state index is -0.196. The summed E-state index contributed by atoms with van der Waals surface area (Å²) in [5.74, 6) is 0.937. The normalized spacial score (nSPS) is 10.1. The van der Waals surface area contributed by atoms with Crippen molar-refractivity contribution < 1.29 is 24.1 Å². The van der Waals surface area contributed by atoms with Gasteiger partial charge in [-0.25, -0.2) is 0 Å². The summed E-state index contributed by atoms with van der Waals surface area (Å²) in [6.07, 6.45) is 0.695. The zero-order chi connectivity index (χ0) is 14.6. The Bertz CT molecular complexity index is 397. The van der Waals surface area contributed by atoms with E-state index in [9.17, 15) is 4.79 Å². The monoisotopic (exact) mass is 283 g/mol. The van der Waals surface area contributed by atoms with Crippen molar-refractivity contribution in [2.24, 2.45) is 0 Å². The van der Waals surface area contributed by atoms with Gasteiger partial charge < -0.3 is 24.6 Å². The van der Waals surface area contributed by atoms with Gasteiger partial charge in [-0.3, -0.25) is 4.79 Å². The van der Waals surface area contributed by atoms with Crippen molar-refractivity contribution in [3.63, 3.8) is 0 Å². The maximum Gasteiger partial charge on any atom is 0.257 e. The molecule has 6 heteroatoms. The quantitative estimate of drug-likeness (QED) is 0.615. The largest absolute Gasteiger partial charge is 0.493 e. The van der Waals surface area contributed by atoms with Crippen molar-refractivity contribution in [2.75, 3.05) is 40.1 Å². The highest BCUT2D eigenvalue weighted by molar-refractivity contribution is 5.77. The first-order valence-electron chi connectivity index (χ1n) is 6.49. The van der Waals surface area contributed by atoms with Crippen LogP contribution in [0.1, 0.15) is 6.42 Å². The molecule has 0 atom stereocenters. The third kappa shape index (κ3) is 6.40. The SMILES string of the molecule is COc1ccccc1OCC(=O)NCCCOCCO. The maximum atomic E-state index is 11.5. The molecule has 0 aliphatic carbocycles. The van der Waals surface area contributed by atoms with Gasteiger partial charge in [-0.1, -0.05) is 12.1 Å². The fraction of sp³-hybridized carbons (Fsp3) is 0.500. The average Bonchev–Trinajstić information content (AvgIpc) is 2.49. The lowest BCUT2D eigenvalue weighted by molar-refractivity contribution is -0.123. The number of ether oxygens (including phenoxy) is 3. The van der Waals surface area contributed by atoms with E-state index in [2.05, 4.69) is 5.32 Å². The number of carbonyl (C=O) groups excluding carboxylic acids is 1. The van der Waals surface area contributed by atoms with Gasteiger partial charge >= 0.3 is 0 Å². The fourth-order valence-corrected chi connectivity index (χ4v) is 1.50. The molecule has 0 spiro atoms. The molecule has 0 aromatic heterocycles. The maximum absolute atomic E-state index is 11.5. The first-order chi connectivity index (χ1) is 9.77. The molecule has 0 aliphatic heterocycles. The van der Waals surface area contributed by atoms with Crippen LogP contribution in [0.5, 0.6) is 11.5 Å². The molecule has 0 unspecified atom stereocenters. The van der Waals surface area contributed by atoms with Crippen molar-refractivity contribution >= 4 is 5.91 Å². The first kappa shape index (κ1) is 16.3. The Hall–Kier alpha value is -1.79. The summed E-state index contributed by atoms with van der Waals surface area (Å²) in [6, 6.07) is 7.16. The highest BCUT2D eigenvalue weighted by Crippen LogP contribution is 2.25. The minimum Gasteiger partial charge on any atom is -0.493 e. The number of hydrogen-bond acceptors (Lipinski definition) is 5. The summed E-state index contributed by atoms with van der Waals surface area (Å²) in [4.78, 5) is 11.5. The zero-order valence-electron chi connectivity index (χ0n) is 11.6. The molecule has 0 saturated carbocycles. The summed E-state index contributed by atoms with van der Waals surface area (Å²) < 4.78 is 15.6. The lowest BCUT2D eigenvalue weighted by atomic mass is 10.3. The van der Waals surface area contributed by atoms with Gasteiger partial charge in [0.05, 0.1) is 20.3 Å². The summed E-state index contributed by atoms with van der Waals surface area (Å²) in [7, 11) is 1.55. The first-order valence-corrected chi connectivity index (χ1v) is 6.49. The molecule has 1 aromatic rings. The van der Waals surface area contributed by atoms with Crippen LogP contribution in [0, 0.1) is 0 Å². The molecular formula is C14H21NO5. The third-order valence-electron chi connectivity index (χ3n) is 2.45. The Kier molecular flexibility index (Phi) is 8.17. The van der Waals surface area contributed by atoms with Gasteiger partial charge in [0, 0.05) is 13.2 Å². The molecule has 6 nitrogen and oxygen atoms in total. The number of methoxy groups -OCH3 is 1. The smallest absolute Gasteiger partial charge is 0.257 e. The predicted octanol–water partition coefficient (Wildman–Crippen LogP) is 0.589. The van der Waals surface area contributed by atoms with Crippen LogP contribution in [0.4, 0.5) is 0 Å². The standard InChI is InChI=1S/C14H21NO5/c1-18-12-5-2-3-6-13(12)20-11-14(17)15-7-4-9-19-10-8-16/h2-3,5-6,16H,4,7-11H2,1H3,(H,15,17). The van der Waals surface area contributed by atoms with Crippen molar-refractivity contribution in [3.8, 4) is 11.5 Å². The Morgan fingerprint density at radius 2 is 2.00 bits per heavy atom. The molecule has 0 bridgehead atoms. The van der Waals surface area contributed by atoms with E-state index in [1.807, 2.05) is 12.1 Å². The van der Waals surface area contributed by atoms with Gasteiger partial charge in [-0.15, -0.1) is 0 Å². The lowest BCUT2D eigenvalue weighted by Crippen LogP contribution is -2.30. The fourth-order valence-electron chi connectivity index (χ4n) is 1.50. The van der Waals surface area contributed by atoms with Gasteiger partial charge in [-0.2, -0.15) is 0 Å².